The molecule has 2 N–H and O–H groups in total. The van der Waals surface area contributed by atoms with Crippen molar-refractivity contribution >= 4 is 16.9 Å². The van der Waals surface area contributed by atoms with Crippen LogP contribution >= 0.6 is 0 Å². The molecular formula is C36H43N3O3. The van der Waals surface area contributed by atoms with Crippen molar-refractivity contribution in [2.24, 2.45) is 0 Å². The van der Waals surface area contributed by atoms with Gasteiger partial charge in [-0.3, -0.25) is 0 Å². The lowest BCUT2D eigenvalue weighted by molar-refractivity contribution is 0.0510. The molecule has 5 atom stereocenters. The van der Waals surface area contributed by atoms with Crippen molar-refractivity contribution < 1.29 is 14.3 Å². The van der Waals surface area contributed by atoms with E-state index in [-0.39, 0.29) is 24.0 Å². The number of hydrogen-bond acceptors (Lipinski definition) is 5. The van der Waals surface area contributed by atoms with E-state index in [1.165, 1.54) is 6.42 Å². The normalized spacial score (nSPS) is 20.8. The summed E-state index contributed by atoms with van der Waals surface area (Å²) in [5, 5.41) is 8.30. The second kappa shape index (κ2) is 12.7. The Morgan fingerprint density at radius 2 is 1.50 bits per heavy atom. The van der Waals surface area contributed by atoms with Gasteiger partial charge >= 0.3 is 5.97 Å². The van der Waals surface area contributed by atoms with Gasteiger partial charge in [0.2, 0.25) is 0 Å². The van der Waals surface area contributed by atoms with Gasteiger partial charge in [-0.05, 0) is 88.9 Å². The van der Waals surface area contributed by atoms with Crippen LogP contribution in [0.1, 0.15) is 85.6 Å². The summed E-state index contributed by atoms with van der Waals surface area (Å²) in [4.78, 5) is 14.0. The number of fused-ring (bicyclic) bond motifs is 1. The molecular weight excluding hydrogens is 522 g/mol. The third-order valence-electron chi connectivity index (χ3n) is 9.13. The minimum absolute atomic E-state index is 0.0865. The highest BCUT2D eigenvalue weighted by atomic mass is 16.5. The Bertz CT molecular complexity index is 1480. The molecule has 2 aliphatic rings. The van der Waals surface area contributed by atoms with Crippen LogP contribution in [0.5, 0.6) is 5.75 Å². The number of ether oxygens (including phenoxy) is 2. The molecule has 2 fully saturated rings. The minimum atomic E-state index is -0.271. The van der Waals surface area contributed by atoms with Gasteiger partial charge in [0.25, 0.3) is 0 Å². The van der Waals surface area contributed by atoms with Gasteiger partial charge in [0.1, 0.15) is 17.5 Å². The van der Waals surface area contributed by atoms with Crippen molar-refractivity contribution in [2.75, 3.05) is 19.7 Å². The average Bonchev–Trinajstić information content (AvgIpc) is 3.80. The maximum absolute atomic E-state index is 14.0. The van der Waals surface area contributed by atoms with E-state index in [4.69, 9.17) is 9.47 Å². The molecule has 5 unspecified atom stereocenters. The van der Waals surface area contributed by atoms with Crippen LogP contribution in [-0.4, -0.2) is 48.4 Å². The van der Waals surface area contributed by atoms with Gasteiger partial charge in [0.05, 0.1) is 6.61 Å². The van der Waals surface area contributed by atoms with Crippen LogP contribution in [0.15, 0.2) is 78.9 Å². The zero-order valence-corrected chi connectivity index (χ0v) is 25.0. The quantitative estimate of drug-likeness (QED) is 0.206. The van der Waals surface area contributed by atoms with Crippen molar-refractivity contribution in [3.05, 3.63) is 101 Å². The number of nitrogens with zero attached hydrogens (tertiary/aromatic N) is 1. The van der Waals surface area contributed by atoms with E-state index in [0.29, 0.717) is 24.4 Å². The van der Waals surface area contributed by atoms with Gasteiger partial charge in [-0.15, -0.1) is 0 Å². The summed E-state index contributed by atoms with van der Waals surface area (Å²) in [7, 11) is 0. The third-order valence-corrected chi connectivity index (χ3v) is 9.13. The topological polar surface area (TPSA) is 64.5 Å². The number of para-hydroxylation sites is 1. The predicted octanol–water partition coefficient (Wildman–Crippen LogP) is 6.83. The van der Waals surface area contributed by atoms with E-state index < -0.39 is 0 Å². The van der Waals surface area contributed by atoms with Crippen molar-refractivity contribution in [3.63, 3.8) is 0 Å². The second-order valence-corrected chi connectivity index (χ2v) is 11.8. The van der Waals surface area contributed by atoms with E-state index in [9.17, 15) is 4.79 Å². The number of aromatic nitrogens is 1. The maximum Gasteiger partial charge on any atom is 0.355 e. The SMILES string of the molecule is CCOC(=O)c1c(C(c2ccccc2)c2ccc(OC(C)C3CCCN3)cc2)c2ccccc2n1C(C)C1CCCN1. The fourth-order valence-corrected chi connectivity index (χ4v) is 7.03. The Morgan fingerprint density at radius 3 is 2.17 bits per heavy atom. The Kier molecular flexibility index (Phi) is 8.63. The molecule has 0 saturated carbocycles. The second-order valence-electron chi connectivity index (χ2n) is 11.8. The molecule has 1 aromatic heterocycles. The number of nitrogens with one attached hydrogen (secondary N) is 2. The molecule has 220 valence electrons. The first-order valence-corrected chi connectivity index (χ1v) is 15.6. The van der Waals surface area contributed by atoms with E-state index in [1.807, 2.05) is 13.0 Å². The number of benzene rings is 3. The first kappa shape index (κ1) is 28.5. The third kappa shape index (κ3) is 5.58. The summed E-state index contributed by atoms with van der Waals surface area (Å²) >= 11 is 0. The summed E-state index contributed by atoms with van der Waals surface area (Å²) in [6.07, 6.45) is 4.67. The standard InChI is InChI=1S/C36H43N3O3/c1-4-41-36(40)35-34(29-14-8-9-17-32(29)39(35)24(2)30-15-10-22-37-30)33(26-12-6-5-7-13-26)27-18-20-28(21-19-27)42-25(3)31-16-11-23-38-31/h5-9,12-14,17-21,24-25,30-31,33,37-38H,4,10-11,15-16,22-23H2,1-3H3. The highest BCUT2D eigenvalue weighted by Crippen LogP contribution is 2.42. The molecule has 0 radical (unpaired) electrons. The zero-order valence-electron chi connectivity index (χ0n) is 25.0. The van der Waals surface area contributed by atoms with Crippen molar-refractivity contribution in [3.8, 4) is 5.75 Å². The van der Waals surface area contributed by atoms with E-state index in [2.05, 4.69) is 102 Å². The molecule has 6 heteroatoms. The van der Waals surface area contributed by atoms with E-state index >= 15 is 0 Å². The molecule has 2 saturated heterocycles. The van der Waals surface area contributed by atoms with E-state index in [0.717, 1.165) is 65.7 Å². The Balaban J connectivity index is 1.49. The van der Waals surface area contributed by atoms with Crippen molar-refractivity contribution in [1.82, 2.24) is 15.2 Å². The summed E-state index contributed by atoms with van der Waals surface area (Å²) in [6, 6.07) is 28.2. The zero-order chi connectivity index (χ0) is 29.1. The van der Waals surface area contributed by atoms with Crippen LogP contribution in [-0.2, 0) is 4.74 Å². The monoisotopic (exact) mass is 565 g/mol. The largest absolute Gasteiger partial charge is 0.489 e. The molecule has 2 aliphatic heterocycles. The van der Waals surface area contributed by atoms with Crippen LogP contribution in [0.25, 0.3) is 10.9 Å². The minimum Gasteiger partial charge on any atom is -0.489 e. The number of hydrogen-bond donors (Lipinski definition) is 2. The molecule has 6 nitrogen and oxygen atoms in total. The van der Waals surface area contributed by atoms with Gasteiger partial charge in [-0.1, -0.05) is 60.7 Å². The van der Waals surface area contributed by atoms with Crippen molar-refractivity contribution in [1.29, 1.82) is 0 Å². The number of esters is 1. The predicted molar refractivity (Wildman–Crippen MR) is 169 cm³/mol. The van der Waals surface area contributed by atoms with Crippen LogP contribution in [0.3, 0.4) is 0 Å². The number of carbonyl (C=O) groups is 1. The van der Waals surface area contributed by atoms with Gasteiger partial charge in [-0.25, -0.2) is 4.79 Å². The highest BCUT2D eigenvalue weighted by Gasteiger charge is 2.35. The summed E-state index contributed by atoms with van der Waals surface area (Å²) in [5.74, 6) is 0.427. The smallest absolute Gasteiger partial charge is 0.355 e. The Labute approximate surface area is 249 Å². The number of rotatable bonds is 10. The lowest BCUT2D eigenvalue weighted by Gasteiger charge is -2.26. The fraction of sp³-hybridized carbons (Fsp3) is 0.417. The molecule has 0 bridgehead atoms. The summed E-state index contributed by atoms with van der Waals surface area (Å²) in [5.41, 5.74) is 4.96. The van der Waals surface area contributed by atoms with Crippen LogP contribution in [0.2, 0.25) is 0 Å². The fourth-order valence-electron chi connectivity index (χ4n) is 7.03. The molecule has 0 aliphatic carbocycles. The van der Waals surface area contributed by atoms with Gasteiger partial charge in [0, 0.05) is 40.5 Å². The molecule has 0 spiro atoms. The average molecular weight is 566 g/mol. The lowest BCUT2D eigenvalue weighted by Crippen LogP contribution is -2.36. The van der Waals surface area contributed by atoms with Gasteiger partial charge < -0.3 is 24.7 Å². The molecule has 3 aromatic carbocycles. The van der Waals surface area contributed by atoms with Gasteiger partial charge in [0.15, 0.2) is 0 Å². The van der Waals surface area contributed by atoms with E-state index in [1.54, 1.807) is 0 Å². The first-order valence-electron chi connectivity index (χ1n) is 15.6. The maximum atomic E-state index is 14.0. The molecule has 4 aromatic rings. The number of carbonyl (C=O) groups excluding carboxylic acids is 1. The highest BCUT2D eigenvalue weighted by molar-refractivity contribution is 6.00. The van der Waals surface area contributed by atoms with Gasteiger partial charge in [-0.2, -0.15) is 0 Å². The summed E-state index contributed by atoms with van der Waals surface area (Å²) < 4.78 is 14.4. The summed E-state index contributed by atoms with van der Waals surface area (Å²) in [6.45, 7) is 8.64. The lowest BCUT2D eigenvalue weighted by atomic mass is 9.83. The molecule has 42 heavy (non-hydrogen) atoms. The van der Waals surface area contributed by atoms with Crippen LogP contribution in [0.4, 0.5) is 0 Å². The first-order chi connectivity index (χ1) is 20.6. The molecule has 3 heterocycles. The Hall–Kier alpha value is -3.61. The molecule has 6 rings (SSSR count). The Morgan fingerprint density at radius 1 is 0.857 bits per heavy atom. The van der Waals surface area contributed by atoms with Crippen LogP contribution < -0.4 is 15.4 Å². The van der Waals surface area contributed by atoms with Crippen LogP contribution in [0, 0.1) is 0 Å². The van der Waals surface area contributed by atoms with Crippen molar-refractivity contribution in [2.45, 2.75) is 76.6 Å². The molecule has 0 amide bonds.